The van der Waals surface area contributed by atoms with Gasteiger partial charge in [-0.3, -0.25) is 4.79 Å². The van der Waals surface area contributed by atoms with Crippen LogP contribution in [0.15, 0.2) is 30.3 Å². The zero-order valence-electron chi connectivity index (χ0n) is 7.87. The monoisotopic (exact) mass is 184 g/mol. The first-order valence-electron chi connectivity index (χ1n) is 4.40. The lowest BCUT2D eigenvalue weighted by Crippen LogP contribution is -1.94. The first-order chi connectivity index (χ1) is 6.68. The van der Waals surface area contributed by atoms with Crippen LogP contribution in [0.2, 0.25) is 0 Å². The number of rotatable bonds is 1. The Labute approximate surface area is 82.3 Å². The number of ketones is 1. The van der Waals surface area contributed by atoms with Gasteiger partial charge in [-0.25, -0.2) is 0 Å². The van der Waals surface area contributed by atoms with Crippen LogP contribution in [0.1, 0.15) is 17.3 Å². The largest absolute Gasteiger partial charge is 0.398 e. The molecule has 0 unspecified atom stereocenters. The standard InChI is InChI=1S/C12H10NO/c1-8(14)11-4-2-3-9-7-10(13)5-6-12(9)11/h2-6H,13H2,1H3. The number of fused-ring (bicyclic) bond motifs is 1. The number of benzene rings is 2. The molecule has 0 saturated heterocycles. The van der Waals surface area contributed by atoms with E-state index in [0.717, 1.165) is 16.3 Å². The van der Waals surface area contributed by atoms with Crippen molar-refractivity contribution in [2.24, 2.45) is 0 Å². The number of anilines is 1. The average Bonchev–Trinajstić information content (AvgIpc) is 2.16. The van der Waals surface area contributed by atoms with Gasteiger partial charge in [-0.05, 0) is 23.8 Å². The lowest BCUT2D eigenvalue weighted by molar-refractivity contribution is 0.101. The summed E-state index contributed by atoms with van der Waals surface area (Å²) in [6.07, 6.45) is 0. The Kier molecular flexibility index (Phi) is 1.97. The quantitative estimate of drug-likeness (QED) is 0.546. The SMILES string of the molecule is CC(=O)c1cccc2[c]c(N)ccc12. The van der Waals surface area contributed by atoms with Gasteiger partial charge in [0.05, 0.1) is 0 Å². The molecule has 0 bridgehead atoms. The molecule has 0 aliphatic carbocycles. The van der Waals surface area contributed by atoms with E-state index >= 15 is 0 Å². The van der Waals surface area contributed by atoms with E-state index in [1.54, 1.807) is 13.0 Å². The number of hydrogen-bond acceptors (Lipinski definition) is 2. The third-order valence-electron chi connectivity index (χ3n) is 2.19. The predicted octanol–water partition coefficient (Wildman–Crippen LogP) is 2.42. The van der Waals surface area contributed by atoms with E-state index in [4.69, 9.17) is 5.73 Å². The van der Waals surface area contributed by atoms with Crippen molar-refractivity contribution in [3.63, 3.8) is 0 Å². The van der Waals surface area contributed by atoms with E-state index in [1.165, 1.54) is 0 Å². The molecule has 2 nitrogen and oxygen atoms in total. The molecule has 0 fully saturated rings. The van der Waals surface area contributed by atoms with Gasteiger partial charge in [0.1, 0.15) is 0 Å². The maximum Gasteiger partial charge on any atom is 0.160 e. The summed E-state index contributed by atoms with van der Waals surface area (Å²) in [4.78, 5) is 11.3. The molecule has 0 saturated carbocycles. The molecule has 2 heteroatoms. The number of nitrogens with two attached hydrogens (primary N) is 1. The molecule has 0 amide bonds. The molecule has 0 atom stereocenters. The Bertz CT molecular complexity index is 503. The third-order valence-corrected chi connectivity index (χ3v) is 2.19. The van der Waals surface area contributed by atoms with Crippen molar-refractivity contribution in [3.8, 4) is 0 Å². The van der Waals surface area contributed by atoms with Crippen LogP contribution in [0.3, 0.4) is 0 Å². The van der Waals surface area contributed by atoms with E-state index in [0.29, 0.717) is 5.69 Å². The molecule has 69 valence electrons. The van der Waals surface area contributed by atoms with Crippen LogP contribution in [0.25, 0.3) is 10.8 Å². The fourth-order valence-electron chi connectivity index (χ4n) is 1.53. The Morgan fingerprint density at radius 2 is 2.07 bits per heavy atom. The highest BCUT2D eigenvalue weighted by molar-refractivity contribution is 6.07. The molecular formula is C12H10NO. The van der Waals surface area contributed by atoms with Crippen LogP contribution in [0, 0.1) is 6.07 Å². The third kappa shape index (κ3) is 1.35. The summed E-state index contributed by atoms with van der Waals surface area (Å²) < 4.78 is 0. The number of carbonyl (C=O) groups is 1. The molecule has 0 spiro atoms. The van der Waals surface area contributed by atoms with Crippen LogP contribution >= 0.6 is 0 Å². The van der Waals surface area contributed by atoms with Gasteiger partial charge in [-0.2, -0.15) is 0 Å². The van der Waals surface area contributed by atoms with Crippen LogP contribution in [0.5, 0.6) is 0 Å². The van der Waals surface area contributed by atoms with Gasteiger partial charge in [-0.15, -0.1) is 0 Å². The molecule has 2 rings (SSSR count). The van der Waals surface area contributed by atoms with E-state index < -0.39 is 0 Å². The Balaban J connectivity index is 2.81. The molecule has 0 aliphatic rings. The normalized spacial score (nSPS) is 10.4. The van der Waals surface area contributed by atoms with E-state index in [-0.39, 0.29) is 5.78 Å². The first kappa shape index (κ1) is 8.75. The second kappa shape index (κ2) is 3.14. The summed E-state index contributed by atoms with van der Waals surface area (Å²) in [5.74, 6) is 0.0637. The van der Waals surface area contributed by atoms with Gasteiger partial charge in [0.15, 0.2) is 5.78 Å². The van der Waals surface area contributed by atoms with Crippen molar-refractivity contribution in [1.82, 2.24) is 0 Å². The molecule has 1 radical (unpaired) electrons. The lowest BCUT2D eigenvalue weighted by atomic mass is 10.0. The first-order valence-corrected chi connectivity index (χ1v) is 4.40. The molecule has 2 aromatic carbocycles. The van der Waals surface area contributed by atoms with E-state index in [2.05, 4.69) is 6.07 Å². The summed E-state index contributed by atoms with van der Waals surface area (Å²) in [5.41, 5.74) is 6.93. The summed E-state index contributed by atoms with van der Waals surface area (Å²) in [6.45, 7) is 1.56. The summed E-state index contributed by atoms with van der Waals surface area (Å²) in [6, 6.07) is 12.2. The van der Waals surface area contributed by atoms with Gasteiger partial charge in [0, 0.05) is 17.3 Å². The molecule has 0 aliphatic heterocycles. The van der Waals surface area contributed by atoms with Crippen LogP contribution in [0.4, 0.5) is 5.69 Å². The summed E-state index contributed by atoms with van der Waals surface area (Å²) in [5, 5.41) is 1.80. The van der Waals surface area contributed by atoms with Crippen molar-refractivity contribution in [2.75, 3.05) is 5.73 Å². The fraction of sp³-hybridized carbons (Fsp3) is 0.0833. The smallest absolute Gasteiger partial charge is 0.160 e. The average molecular weight is 184 g/mol. The van der Waals surface area contributed by atoms with Crippen LogP contribution in [-0.2, 0) is 0 Å². The maximum atomic E-state index is 11.3. The minimum Gasteiger partial charge on any atom is -0.398 e. The molecule has 2 aromatic rings. The maximum absolute atomic E-state index is 11.3. The Hall–Kier alpha value is -1.83. The van der Waals surface area contributed by atoms with Gasteiger partial charge in [-0.1, -0.05) is 24.3 Å². The van der Waals surface area contributed by atoms with Crippen LogP contribution < -0.4 is 5.73 Å². The number of nitrogen functional groups attached to an aromatic ring is 1. The van der Waals surface area contributed by atoms with Crippen molar-refractivity contribution in [1.29, 1.82) is 0 Å². The summed E-state index contributed by atoms with van der Waals surface area (Å²) in [7, 11) is 0. The molecule has 0 aromatic heterocycles. The van der Waals surface area contributed by atoms with Gasteiger partial charge in [0.25, 0.3) is 0 Å². The Morgan fingerprint density at radius 1 is 1.29 bits per heavy atom. The van der Waals surface area contributed by atoms with E-state index in [1.807, 2.05) is 24.3 Å². The number of carbonyl (C=O) groups excluding carboxylic acids is 1. The Morgan fingerprint density at radius 3 is 2.79 bits per heavy atom. The fourth-order valence-corrected chi connectivity index (χ4v) is 1.53. The lowest BCUT2D eigenvalue weighted by Gasteiger charge is -2.03. The minimum atomic E-state index is 0.0637. The van der Waals surface area contributed by atoms with Gasteiger partial charge in [0.2, 0.25) is 0 Å². The van der Waals surface area contributed by atoms with Crippen molar-refractivity contribution in [3.05, 3.63) is 42.0 Å². The minimum absolute atomic E-state index is 0.0637. The van der Waals surface area contributed by atoms with Crippen LogP contribution in [-0.4, -0.2) is 5.78 Å². The highest BCUT2D eigenvalue weighted by Gasteiger charge is 2.04. The zero-order valence-corrected chi connectivity index (χ0v) is 7.87. The molecule has 0 heterocycles. The van der Waals surface area contributed by atoms with E-state index in [9.17, 15) is 4.79 Å². The molecule has 14 heavy (non-hydrogen) atoms. The number of Topliss-reactive ketones (excluding diaryl/α,β-unsaturated/α-hetero) is 1. The highest BCUT2D eigenvalue weighted by atomic mass is 16.1. The molecular weight excluding hydrogens is 174 g/mol. The van der Waals surface area contributed by atoms with Crippen molar-refractivity contribution >= 4 is 22.2 Å². The van der Waals surface area contributed by atoms with Crippen molar-refractivity contribution in [2.45, 2.75) is 6.92 Å². The predicted molar refractivity (Wildman–Crippen MR) is 57.2 cm³/mol. The topological polar surface area (TPSA) is 43.1 Å². The van der Waals surface area contributed by atoms with Gasteiger partial charge >= 0.3 is 0 Å². The molecule has 2 N–H and O–H groups in total. The number of hydrogen-bond donors (Lipinski definition) is 1. The highest BCUT2D eigenvalue weighted by Crippen LogP contribution is 2.20. The second-order valence-electron chi connectivity index (χ2n) is 3.24. The van der Waals surface area contributed by atoms with Crippen molar-refractivity contribution < 1.29 is 4.79 Å². The second-order valence-corrected chi connectivity index (χ2v) is 3.24. The zero-order chi connectivity index (χ0) is 10.1. The van der Waals surface area contributed by atoms with Gasteiger partial charge < -0.3 is 5.73 Å². The summed E-state index contributed by atoms with van der Waals surface area (Å²) >= 11 is 0.